The molecule has 1 aromatic rings. The van der Waals surface area contributed by atoms with E-state index < -0.39 is 5.97 Å². The average molecular weight is 299 g/mol. The lowest BCUT2D eigenvalue weighted by atomic mass is 9.48. The van der Waals surface area contributed by atoms with E-state index in [0.717, 1.165) is 29.1 Å². The topological polar surface area (TPSA) is 49.4 Å². The van der Waals surface area contributed by atoms with E-state index >= 15 is 0 Å². The van der Waals surface area contributed by atoms with Crippen LogP contribution >= 0.6 is 0 Å². The molecular formula is C19H23O3-. The number of hydrogen-bond acceptors (Lipinski definition) is 3. The number of benzene rings is 1. The largest absolute Gasteiger partial charge is 0.550 e. The molecule has 0 N–H and O–H groups in total. The van der Waals surface area contributed by atoms with Crippen LogP contribution in [0.15, 0.2) is 18.2 Å². The molecule has 0 heterocycles. The van der Waals surface area contributed by atoms with Crippen LogP contribution in [-0.2, 0) is 16.6 Å². The van der Waals surface area contributed by atoms with Gasteiger partial charge in [0.1, 0.15) is 5.75 Å². The van der Waals surface area contributed by atoms with Gasteiger partial charge in [-0.05, 0) is 73.3 Å². The zero-order chi connectivity index (χ0) is 15.3. The Labute approximate surface area is 131 Å². The van der Waals surface area contributed by atoms with Crippen molar-refractivity contribution in [1.82, 2.24) is 0 Å². The van der Waals surface area contributed by atoms with Crippen molar-refractivity contribution in [1.29, 1.82) is 0 Å². The quantitative estimate of drug-likeness (QED) is 0.858. The minimum absolute atomic E-state index is 0.0106. The lowest BCUT2D eigenvalue weighted by Gasteiger charge is -2.57. The van der Waals surface area contributed by atoms with Gasteiger partial charge in [-0.15, -0.1) is 0 Å². The van der Waals surface area contributed by atoms with Crippen molar-refractivity contribution in [3.63, 3.8) is 0 Å². The van der Waals surface area contributed by atoms with Crippen molar-refractivity contribution in [2.45, 2.75) is 50.4 Å². The second kappa shape index (κ2) is 5.00. The first-order valence-electron chi connectivity index (χ1n) is 8.45. The number of carboxylic acids is 1. The fraction of sp³-hybridized carbons (Fsp3) is 0.632. The van der Waals surface area contributed by atoms with Crippen LogP contribution in [0, 0.1) is 17.8 Å². The molecule has 0 aromatic heterocycles. The summed E-state index contributed by atoms with van der Waals surface area (Å²) in [6.45, 7) is 0. The minimum atomic E-state index is -1.01. The van der Waals surface area contributed by atoms with Crippen molar-refractivity contribution in [2.75, 3.05) is 7.11 Å². The molecule has 22 heavy (non-hydrogen) atoms. The third kappa shape index (κ3) is 2.22. The summed E-state index contributed by atoms with van der Waals surface area (Å²) in [7, 11) is 1.72. The Bertz CT molecular complexity index is 569. The molecule has 0 spiro atoms. The maximum absolute atomic E-state index is 10.9. The van der Waals surface area contributed by atoms with Crippen molar-refractivity contribution >= 4 is 5.97 Å². The Morgan fingerprint density at radius 2 is 1.77 bits per heavy atom. The van der Waals surface area contributed by atoms with E-state index in [1.807, 2.05) is 12.1 Å². The van der Waals surface area contributed by atoms with Crippen molar-refractivity contribution in [2.24, 2.45) is 17.8 Å². The molecule has 4 aliphatic rings. The third-order valence-corrected chi connectivity index (χ3v) is 6.22. The number of ether oxygens (including phenoxy) is 1. The van der Waals surface area contributed by atoms with Gasteiger partial charge < -0.3 is 14.6 Å². The second-order valence-corrected chi connectivity index (χ2v) is 7.78. The summed E-state index contributed by atoms with van der Waals surface area (Å²) in [6, 6.07) is 5.90. The number of carbonyl (C=O) groups excluding carboxylic acids is 1. The molecule has 4 saturated carbocycles. The van der Waals surface area contributed by atoms with Crippen LogP contribution in [0.2, 0.25) is 0 Å². The first-order chi connectivity index (χ1) is 10.6. The number of carboxylic acid groups (broad SMARTS) is 1. The molecule has 0 radical (unpaired) electrons. The molecule has 4 aliphatic carbocycles. The summed E-state index contributed by atoms with van der Waals surface area (Å²) >= 11 is 0. The predicted molar refractivity (Wildman–Crippen MR) is 81.6 cm³/mol. The summed E-state index contributed by atoms with van der Waals surface area (Å²) < 4.78 is 5.63. The van der Waals surface area contributed by atoms with Gasteiger partial charge in [-0.1, -0.05) is 12.1 Å². The van der Waals surface area contributed by atoms with Gasteiger partial charge in [-0.2, -0.15) is 0 Å². The van der Waals surface area contributed by atoms with Gasteiger partial charge in [0.15, 0.2) is 0 Å². The van der Waals surface area contributed by atoms with E-state index in [4.69, 9.17) is 4.74 Å². The number of hydrogen-bond donors (Lipinski definition) is 0. The molecule has 3 nitrogen and oxygen atoms in total. The fourth-order valence-electron chi connectivity index (χ4n) is 5.89. The summed E-state index contributed by atoms with van der Waals surface area (Å²) in [5.74, 6) is 2.51. The highest BCUT2D eigenvalue weighted by Crippen LogP contribution is 2.61. The van der Waals surface area contributed by atoms with Crippen LogP contribution in [0.3, 0.4) is 0 Å². The van der Waals surface area contributed by atoms with Gasteiger partial charge in [-0.25, -0.2) is 0 Å². The van der Waals surface area contributed by atoms with Crippen molar-refractivity contribution in [3.05, 3.63) is 29.3 Å². The van der Waals surface area contributed by atoms with E-state index in [9.17, 15) is 9.90 Å². The van der Waals surface area contributed by atoms with Crippen LogP contribution < -0.4 is 9.84 Å². The second-order valence-electron chi connectivity index (χ2n) is 7.78. The molecule has 0 aliphatic heterocycles. The molecule has 1 aromatic carbocycles. The predicted octanol–water partition coefficient (Wildman–Crippen LogP) is 2.46. The fourth-order valence-corrected chi connectivity index (χ4v) is 5.89. The third-order valence-electron chi connectivity index (χ3n) is 6.22. The summed E-state index contributed by atoms with van der Waals surface area (Å²) in [5, 5.41) is 10.9. The lowest BCUT2D eigenvalue weighted by molar-refractivity contribution is -0.304. The highest BCUT2D eigenvalue weighted by atomic mass is 16.5. The molecule has 4 bridgehead atoms. The first-order valence-corrected chi connectivity index (χ1v) is 8.45. The molecule has 0 saturated heterocycles. The number of carbonyl (C=O) groups is 1. The Kier molecular flexibility index (Phi) is 3.21. The van der Waals surface area contributed by atoms with Crippen LogP contribution in [0.25, 0.3) is 0 Å². The Hall–Kier alpha value is -1.51. The number of rotatable bonds is 4. The van der Waals surface area contributed by atoms with Crippen LogP contribution in [-0.4, -0.2) is 13.1 Å². The molecule has 0 unspecified atom stereocenters. The lowest BCUT2D eigenvalue weighted by Crippen LogP contribution is -2.48. The number of aliphatic carboxylic acids is 1. The average Bonchev–Trinajstić information content (AvgIpc) is 2.45. The Balaban J connectivity index is 1.75. The van der Waals surface area contributed by atoms with Gasteiger partial charge in [0, 0.05) is 18.0 Å². The molecule has 3 heteroatoms. The smallest absolute Gasteiger partial charge is 0.122 e. The molecular weight excluding hydrogens is 276 g/mol. The molecule has 5 rings (SSSR count). The van der Waals surface area contributed by atoms with E-state index in [1.165, 1.54) is 44.1 Å². The molecule has 0 amide bonds. The highest BCUT2D eigenvalue weighted by Gasteiger charge is 2.52. The summed E-state index contributed by atoms with van der Waals surface area (Å²) in [6.07, 6.45) is 7.96. The van der Waals surface area contributed by atoms with E-state index in [-0.39, 0.29) is 11.8 Å². The maximum atomic E-state index is 10.9. The van der Waals surface area contributed by atoms with Gasteiger partial charge >= 0.3 is 0 Å². The first kappa shape index (κ1) is 14.1. The minimum Gasteiger partial charge on any atom is -0.550 e. The van der Waals surface area contributed by atoms with Gasteiger partial charge in [-0.3, -0.25) is 0 Å². The van der Waals surface area contributed by atoms with E-state index in [1.54, 1.807) is 7.11 Å². The molecule has 0 atom stereocenters. The summed E-state index contributed by atoms with van der Waals surface area (Å²) in [4.78, 5) is 10.9. The molecule has 4 fully saturated rings. The maximum Gasteiger partial charge on any atom is 0.122 e. The Morgan fingerprint density at radius 1 is 1.18 bits per heavy atom. The van der Waals surface area contributed by atoms with E-state index in [2.05, 4.69) is 6.07 Å². The zero-order valence-electron chi connectivity index (χ0n) is 13.1. The van der Waals surface area contributed by atoms with E-state index in [0.29, 0.717) is 0 Å². The normalized spacial score (nSPS) is 35.6. The van der Waals surface area contributed by atoms with Crippen molar-refractivity contribution in [3.8, 4) is 5.75 Å². The standard InChI is InChI=1S/C19H24O3/c1-22-17-3-2-12(8-18(20)21)7-16(17)19-9-13-4-14(10-19)6-15(5-13)11-19/h2-3,7,13-15H,4-6,8-11H2,1H3,(H,20,21)/p-1. The highest BCUT2D eigenvalue weighted by molar-refractivity contribution is 5.68. The number of methoxy groups -OCH3 is 1. The van der Waals surface area contributed by atoms with Crippen LogP contribution in [0.5, 0.6) is 5.75 Å². The molecule has 118 valence electrons. The monoisotopic (exact) mass is 299 g/mol. The van der Waals surface area contributed by atoms with Gasteiger partial charge in [0.25, 0.3) is 0 Å². The zero-order valence-corrected chi connectivity index (χ0v) is 13.1. The SMILES string of the molecule is COc1ccc(CC(=O)[O-])cc1C12CC3CC(CC(C3)C1)C2. The van der Waals surface area contributed by atoms with Crippen LogP contribution in [0.4, 0.5) is 0 Å². The van der Waals surface area contributed by atoms with Gasteiger partial charge in [0.05, 0.1) is 7.11 Å². The Morgan fingerprint density at radius 3 is 2.27 bits per heavy atom. The van der Waals surface area contributed by atoms with Crippen molar-refractivity contribution < 1.29 is 14.6 Å². The summed E-state index contributed by atoms with van der Waals surface area (Å²) in [5.41, 5.74) is 2.32. The van der Waals surface area contributed by atoms with Crippen LogP contribution in [0.1, 0.15) is 49.7 Å². The van der Waals surface area contributed by atoms with Gasteiger partial charge in [0.2, 0.25) is 0 Å².